The summed E-state index contributed by atoms with van der Waals surface area (Å²) in [6.07, 6.45) is 4.01. The monoisotopic (exact) mass is 821 g/mol. The number of rotatable bonds is 13. The van der Waals surface area contributed by atoms with Gasteiger partial charge in [-0.15, -0.1) is 11.8 Å². The average Bonchev–Trinajstić information content (AvgIpc) is 3.82. The van der Waals surface area contributed by atoms with E-state index in [-0.39, 0.29) is 47.6 Å². The highest BCUT2D eigenvalue weighted by atomic mass is 32.2. The van der Waals surface area contributed by atoms with Gasteiger partial charge >= 0.3 is 0 Å². The molecule has 4 amide bonds. The molecule has 0 spiro atoms. The molecule has 4 aromatic rings. The molecule has 0 bridgehead atoms. The Hall–Kier alpha value is -5.02. The van der Waals surface area contributed by atoms with Crippen LogP contribution in [0, 0.1) is 12.8 Å². The number of hydrogen-bond acceptors (Lipinski definition) is 9. The van der Waals surface area contributed by atoms with Crippen molar-refractivity contribution in [1.29, 1.82) is 0 Å². The summed E-state index contributed by atoms with van der Waals surface area (Å²) in [6.45, 7) is 2.53. The molecule has 0 saturated carbocycles. The van der Waals surface area contributed by atoms with Crippen molar-refractivity contribution in [3.05, 3.63) is 107 Å². The van der Waals surface area contributed by atoms with Crippen LogP contribution in [0.1, 0.15) is 78.0 Å². The number of aryl methyl sites for hydroxylation is 1. The van der Waals surface area contributed by atoms with Gasteiger partial charge in [0.15, 0.2) is 0 Å². The van der Waals surface area contributed by atoms with Gasteiger partial charge in [-0.1, -0.05) is 48.4 Å². The lowest BCUT2D eigenvalue weighted by molar-refractivity contribution is -0.137. The van der Waals surface area contributed by atoms with Crippen LogP contribution in [0.4, 0.5) is 11.4 Å². The van der Waals surface area contributed by atoms with Gasteiger partial charge in [0.1, 0.15) is 6.04 Å². The van der Waals surface area contributed by atoms with E-state index in [2.05, 4.69) is 16.0 Å². The Morgan fingerprint density at radius 3 is 2.52 bits per heavy atom. The molecule has 2 fully saturated rings. The summed E-state index contributed by atoms with van der Waals surface area (Å²) < 4.78 is 29.6. The van der Waals surface area contributed by atoms with Crippen LogP contribution in [-0.2, 0) is 31.0 Å². The second kappa shape index (κ2) is 16.7. The third-order valence-electron chi connectivity index (χ3n) is 11.8. The first kappa shape index (κ1) is 39.8. The highest BCUT2D eigenvalue weighted by Crippen LogP contribution is 2.49. The van der Waals surface area contributed by atoms with E-state index in [9.17, 15) is 32.7 Å². The number of anilines is 2. The van der Waals surface area contributed by atoms with Crippen LogP contribution >= 0.6 is 11.8 Å². The fourth-order valence-electron chi connectivity index (χ4n) is 8.75. The molecule has 4 heterocycles. The number of carbonyl (C=O) groups excluding carboxylic acids is 4. The van der Waals surface area contributed by atoms with Crippen LogP contribution in [0.5, 0.6) is 0 Å². The number of thioether (sulfide) groups is 1. The van der Waals surface area contributed by atoms with Crippen molar-refractivity contribution in [2.24, 2.45) is 5.92 Å². The van der Waals surface area contributed by atoms with Crippen LogP contribution in [0.15, 0.2) is 94.7 Å². The van der Waals surface area contributed by atoms with Gasteiger partial charge in [0, 0.05) is 53.7 Å². The van der Waals surface area contributed by atoms with Gasteiger partial charge in [0.05, 0.1) is 23.6 Å². The molecule has 1 unspecified atom stereocenters. The Morgan fingerprint density at radius 1 is 0.931 bits per heavy atom. The van der Waals surface area contributed by atoms with Crippen molar-refractivity contribution in [2.75, 3.05) is 29.5 Å². The molecular weight excluding hydrogens is 775 g/mol. The lowest BCUT2D eigenvalue weighted by Crippen LogP contribution is -2.52. The number of fused-ring (bicyclic) bond motifs is 4. The zero-order valence-corrected chi connectivity index (χ0v) is 33.9. The average molecular weight is 822 g/mol. The van der Waals surface area contributed by atoms with E-state index in [1.165, 1.54) is 0 Å². The first-order valence-electron chi connectivity index (χ1n) is 19.9. The summed E-state index contributed by atoms with van der Waals surface area (Å²) in [5.74, 6) is -0.257. The van der Waals surface area contributed by atoms with E-state index in [1.807, 2.05) is 73.7 Å². The number of carbonyl (C=O) groups is 4. The van der Waals surface area contributed by atoms with Gasteiger partial charge in [-0.3, -0.25) is 24.5 Å². The lowest BCUT2D eigenvalue weighted by atomic mass is 9.82. The van der Waals surface area contributed by atoms with Crippen molar-refractivity contribution >= 4 is 56.8 Å². The Bertz CT molecular complexity index is 2370. The topological polar surface area (TPSA) is 165 Å². The van der Waals surface area contributed by atoms with Crippen molar-refractivity contribution in [1.82, 2.24) is 14.5 Å². The maximum Gasteiger partial charge on any atom is 0.255 e. The minimum Gasteiger partial charge on any atom is -0.394 e. The molecule has 8 rings (SSSR count). The van der Waals surface area contributed by atoms with Crippen molar-refractivity contribution in [2.45, 2.75) is 86.3 Å². The highest BCUT2D eigenvalue weighted by molar-refractivity contribution is 7.99. The zero-order valence-electron chi connectivity index (χ0n) is 32.3. The second-order valence-electron chi connectivity index (χ2n) is 15.5. The Morgan fingerprint density at radius 2 is 1.72 bits per heavy atom. The van der Waals surface area contributed by atoms with Crippen molar-refractivity contribution < 1.29 is 32.7 Å². The number of amides is 4. The molecular formula is C44H47N5O7S2. The minimum atomic E-state index is -3.79. The molecule has 0 aliphatic carbocycles. The van der Waals surface area contributed by atoms with Crippen LogP contribution < -0.4 is 16.0 Å². The Labute approximate surface area is 342 Å². The summed E-state index contributed by atoms with van der Waals surface area (Å²) in [5.41, 5.74) is 6.64. The van der Waals surface area contributed by atoms with Crippen molar-refractivity contribution in [3.8, 4) is 11.1 Å². The molecule has 2 saturated heterocycles. The molecule has 14 heteroatoms. The molecule has 0 radical (unpaired) electrons. The van der Waals surface area contributed by atoms with Crippen LogP contribution in [0.25, 0.3) is 11.1 Å². The number of aliphatic hydroxyl groups excluding tert-OH is 1. The summed E-state index contributed by atoms with van der Waals surface area (Å²) in [5, 5.41) is 19.1. The lowest BCUT2D eigenvalue weighted by Gasteiger charge is -2.39. The van der Waals surface area contributed by atoms with Crippen LogP contribution in [0.2, 0.25) is 0 Å². The normalized spacial score (nSPS) is 21.6. The van der Waals surface area contributed by atoms with Gasteiger partial charge in [-0.2, -0.15) is 4.31 Å². The van der Waals surface area contributed by atoms with E-state index in [0.29, 0.717) is 43.6 Å². The molecule has 0 aromatic heterocycles. The predicted octanol–water partition coefficient (Wildman–Crippen LogP) is 6.25. The number of aliphatic hydroxyl groups is 1. The number of hydrogen-bond donors (Lipinski definition) is 4. The summed E-state index contributed by atoms with van der Waals surface area (Å²) in [7, 11) is -3.79. The maximum atomic E-state index is 14.0. The molecule has 4 N–H and O–H groups in total. The van der Waals surface area contributed by atoms with Crippen LogP contribution in [0.3, 0.4) is 0 Å². The van der Waals surface area contributed by atoms with Gasteiger partial charge < -0.3 is 20.6 Å². The fourth-order valence-corrected chi connectivity index (χ4v) is 11.5. The van der Waals surface area contributed by atoms with Gasteiger partial charge in [0.25, 0.3) is 5.91 Å². The molecule has 12 nitrogen and oxygen atoms in total. The quantitative estimate of drug-likeness (QED) is 0.0693. The summed E-state index contributed by atoms with van der Waals surface area (Å²) in [4.78, 5) is 53.1. The van der Waals surface area contributed by atoms with E-state index >= 15 is 0 Å². The Balaban J connectivity index is 0.861. The number of nitrogens with one attached hydrogen (secondary N) is 3. The SMILES string of the molecule is Cc1ccc(S(=O)(=O)N2CC[C@@H]3[C@H](CO)Nc4ccc(-c5cccc(NC(=O)CCCCCSc6cccc7c6CN(C6CCC(=O)NC6=O)C7=O)c5)cc4[C@@H]32)cc1. The maximum absolute atomic E-state index is 14.0. The largest absolute Gasteiger partial charge is 0.394 e. The standard InChI is InChI=1S/C44H47N5O7S2/c1-27-12-15-31(16-13-27)58(55,56)49-21-20-33-37(26-50)46-36-17-14-29(24-34(36)42(33)49)28-7-5-8-30(23-28)45-40(51)11-3-2-4-22-57-39-10-6-9-32-35(39)25-48(44(32)54)38-18-19-41(52)47-43(38)53/h5-10,12-17,23-24,33,37-38,42,46,50H,2-4,11,18-22,25-26H2,1H3,(H,45,51)(H,47,52,53)/t33-,37+,38?,42-/m1/s1. The smallest absolute Gasteiger partial charge is 0.255 e. The third kappa shape index (κ3) is 7.90. The fraction of sp³-hybridized carbons (Fsp3) is 0.364. The molecule has 302 valence electrons. The molecule has 4 aromatic carbocycles. The van der Waals surface area contributed by atoms with E-state index in [4.69, 9.17) is 0 Å². The molecule has 4 aliphatic heterocycles. The number of imide groups is 1. The zero-order chi connectivity index (χ0) is 40.6. The van der Waals surface area contributed by atoms with Crippen LogP contribution in [-0.4, -0.2) is 77.3 Å². The minimum absolute atomic E-state index is 0.0758. The Kier molecular flexibility index (Phi) is 11.4. The molecule has 4 aliphatic rings. The van der Waals surface area contributed by atoms with Gasteiger partial charge in [-0.25, -0.2) is 8.42 Å². The van der Waals surface area contributed by atoms with Gasteiger partial charge in [0.2, 0.25) is 27.7 Å². The second-order valence-corrected chi connectivity index (χ2v) is 18.6. The molecule has 58 heavy (non-hydrogen) atoms. The number of benzene rings is 4. The predicted molar refractivity (Wildman–Crippen MR) is 223 cm³/mol. The molecule has 4 atom stereocenters. The summed E-state index contributed by atoms with van der Waals surface area (Å²) in [6, 6.07) is 24.8. The van der Waals surface area contributed by atoms with Crippen molar-refractivity contribution in [3.63, 3.8) is 0 Å². The van der Waals surface area contributed by atoms with E-state index < -0.39 is 28.0 Å². The first-order valence-corrected chi connectivity index (χ1v) is 22.3. The number of piperidine rings is 1. The summed E-state index contributed by atoms with van der Waals surface area (Å²) >= 11 is 1.67. The van der Waals surface area contributed by atoms with E-state index in [1.54, 1.807) is 39.2 Å². The first-order chi connectivity index (χ1) is 28.0. The highest BCUT2D eigenvalue weighted by Gasteiger charge is 2.48. The van der Waals surface area contributed by atoms with Gasteiger partial charge in [-0.05, 0) is 109 Å². The number of unbranched alkanes of at least 4 members (excludes halogenated alkanes) is 2. The number of nitrogens with zero attached hydrogens (tertiary/aromatic N) is 2. The van der Waals surface area contributed by atoms with E-state index in [0.717, 1.165) is 63.4 Å². The third-order valence-corrected chi connectivity index (χ3v) is 14.9. The number of sulfonamides is 1.